The van der Waals surface area contributed by atoms with Gasteiger partial charge in [-0.1, -0.05) is 48.0 Å². The zero-order valence-electron chi connectivity index (χ0n) is 16.8. The molecule has 0 saturated carbocycles. The van der Waals surface area contributed by atoms with Crippen LogP contribution in [-0.4, -0.2) is 20.9 Å². The van der Waals surface area contributed by atoms with Crippen molar-refractivity contribution in [1.29, 1.82) is 0 Å². The summed E-state index contributed by atoms with van der Waals surface area (Å²) in [6.45, 7) is 5.82. The summed E-state index contributed by atoms with van der Waals surface area (Å²) < 4.78 is 33.0. The molecule has 0 unspecified atom stereocenters. The lowest BCUT2D eigenvalue weighted by Gasteiger charge is -2.12. The molecule has 0 saturated heterocycles. The summed E-state index contributed by atoms with van der Waals surface area (Å²) in [4.78, 5) is 12.8. The largest absolute Gasteiger partial charge is 0.489 e. The third-order valence-electron chi connectivity index (χ3n) is 4.26. The first-order valence-corrected chi connectivity index (χ1v) is 11.2. The second-order valence-corrected chi connectivity index (χ2v) is 8.78. The van der Waals surface area contributed by atoms with Gasteiger partial charge in [0.25, 0.3) is 15.9 Å². The predicted molar refractivity (Wildman–Crippen MR) is 124 cm³/mol. The molecular weight excluding hydrogens is 436 g/mol. The lowest BCUT2D eigenvalue weighted by molar-refractivity contribution is 0.102. The molecule has 0 aliphatic rings. The first-order valence-electron chi connectivity index (χ1n) is 9.32. The van der Waals surface area contributed by atoms with Crippen LogP contribution < -0.4 is 14.8 Å². The van der Waals surface area contributed by atoms with Crippen LogP contribution in [0.15, 0.2) is 84.3 Å². The fourth-order valence-electron chi connectivity index (χ4n) is 2.71. The van der Waals surface area contributed by atoms with Crippen LogP contribution in [0.3, 0.4) is 0 Å². The maximum absolute atomic E-state index is 12.6. The third-order valence-corrected chi connectivity index (χ3v) is 5.97. The van der Waals surface area contributed by atoms with Gasteiger partial charge in [-0.25, -0.2) is 8.42 Å². The molecule has 0 aromatic heterocycles. The van der Waals surface area contributed by atoms with Crippen molar-refractivity contribution in [3.05, 3.63) is 95.5 Å². The molecule has 6 nitrogen and oxygen atoms in total. The van der Waals surface area contributed by atoms with Gasteiger partial charge < -0.3 is 10.1 Å². The summed E-state index contributed by atoms with van der Waals surface area (Å²) >= 11 is 6.25. The highest BCUT2D eigenvalue weighted by molar-refractivity contribution is 7.92. The minimum Gasteiger partial charge on any atom is -0.489 e. The van der Waals surface area contributed by atoms with Crippen molar-refractivity contribution in [2.24, 2.45) is 0 Å². The second-order valence-electron chi connectivity index (χ2n) is 6.69. The number of aryl methyl sites for hydroxylation is 1. The molecule has 0 aliphatic carbocycles. The molecule has 0 bridgehead atoms. The fourth-order valence-corrected chi connectivity index (χ4v) is 4.03. The number of halogens is 1. The molecule has 0 fully saturated rings. The van der Waals surface area contributed by atoms with Crippen LogP contribution in [0.1, 0.15) is 15.9 Å². The smallest absolute Gasteiger partial charge is 0.261 e. The van der Waals surface area contributed by atoms with Crippen LogP contribution in [0.25, 0.3) is 0 Å². The topological polar surface area (TPSA) is 84.5 Å². The van der Waals surface area contributed by atoms with Crippen molar-refractivity contribution in [3.8, 4) is 5.75 Å². The van der Waals surface area contributed by atoms with Crippen molar-refractivity contribution >= 4 is 38.9 Å². The molecular formula is C23H21ClN2O4S. The van der Waals surface area contributed by atoms with Gasteiger partial charge in [-0.05, 0) is 49.4 Å². The van der Waals surface area contributed by atoms with E-state index in [1.54, 1.807) is 42.5 Å². The molecule has 0 heterocycles. The van der Waals surface area contributed by atoms with Crippen molar-refractivity contribution in [2.75, 3.05) is 16.6 Å². The first-order chi connectivity index (χ1) is 14.8. The zero-order valence-corrected chi connectivity index (χ0v) is 18.3. The van der Waals surface area contributed by atoms with Crippen LogP contribution in [-0.2, 0) is 10.0 Å². The molecule has 0 aliphatic heterocycles. The zero-order chi connectivity index (χ0) is 22.4. The lowest BCUT2D eigenvalue weighted by Crippen LogP contribution is -2.15. The Hall–Kier alpha value is -3.29. The third kappa shape index (κ3) is 5.87. The van der Waals surface area contributed by atoms with E-state index in [9.17, 15) is 13.2 Å². The number of ether oxygens (including phenoxy) is 1. The predicted octanol–water partition coefficient (Wildman–Crippen LogP) is 5.27. The summed E-state index contributed by atoms with van der Waals surface area (Å²) in [6.07, 6.45) is 1.62. The minimum atomic E-state index is -3.77. The number of benzene rings is 3. The highest BCUT2D eigenvalue weighted by Crippen LogP contribution is 2.25. The van der Waals surface area contributed by atoms with Crippen molar-refractivity contribution in [1.82, 2.24) is 0 Å². The minimum absolute atomic E-state index is 0.112. The molecule has 0 atom stereocenters. The highest BCUT2D eigenvalue weighted by Gasteiger charge is 2.16. The van der Waals surface area contributed by atoms with Gasteiger partial charge in [0.2, 0.25) is 0 Å². The van der Waals surface area contributed by atoms with Gasteiger partial charge in [0, 0.05) is 11.8 Å². The number of carbonyl (C=O) groups is 1. The van der Waals surface area contributed by atoms with Gasteiger partial charge in [-0.15, -0.1) is 0 Å². The van der Waals surface area contributed by atoms with Crippen LogP contribution in [0, 0.1) is 6.92 Å². The van der Waals surface area contributed by atoms with Gasteiger partial charge in [-0.2, -0.15) is 0 Å². The number of hydrogen-bond donors (Lipinski definition) is 2. The summed E-state index contributed by atoms with van der Waals surface area (Å²) in [5.74, 6) is 0.156. The van der Waals surface area contributed by atoms with E-state index in [0.717, 1.165) is 5.56 Å². The van der Waals surface area contributed by atoms with Gasteiger partial charge in [-0.3, -0.25) is 9.52 Å². The Kier molecular flexibility index (Phi) is 6.99. The van der Waals surface area contributed by atoms with E-state index in [0.29, 0.717) is 18.0 Å². The molecule has 2 N–H and O–H groups in total. The summed E-state index contributed by atoms with van der Waals surface area (Å²) in [7, 11) is -3.77. The Morgan fingerprint density at radius 1 is 1.06 bits per heavy atom. The monoisotopic (exact) mass is 456 g/mol. The van der Waals surface area contributed by atoms with Crippen molar-refractivity contribution in [3.63, 3.8) is 0 Å². The quantitative estimate of drug-likeness (QED) is 0.452. The maximum atomic E-state index is 12.6. The van der Waals surface area contributed by atoms with Gasteiger partial charge in [0.15, 0.2) is 0 Å². The number of nitrogens with one attached hydrogen (secondary N) is 2. The Labute approximate surface area is 186 Å². The number of hydrogen-bond acceptors (Lipinski definition) is 4. The molecule has 3 rings (SSSR count). The highest BCUT2D eigenvalue weighted by atomic mass is 35.5. The van der Waals surface area contributed by atoms with Crippen LogP contribution >= 0.6 is 11.6 Å². The number of amides is 1. The SMILES string of the molecule is C=CCOc1cccc(NC(=O)c2ccc(NS(=O)(=O)c3ccc(C)cc3)cc2Cl)c1. The van der Waals surface area contributed by atoms with Crippen molar-refractivity contribution in [2.45, 2.75) is 11.8 Å². The average Bonchev–Trinajstić information content (AvgIpc) is 2.72. The van der Waals surface area contributed by atoms with E-state index in [1.165, 1.54) is 30.3 Å². The van der Waals surface area contributed by atoms with E-state index in [-0.39, 0.29) is 21.2 Å². The van der Waals surface area contributed by atoms with E-state index in [4.69, 9.17) is 16.3 Å². The number of sulfonamides is 1. The van der Waals surface area contributed by atoms with E-state index < -0.39 is 15.9 Å². The van der Waals surface area contributed by atoms with Gasteiger partial charge in [0.1, 0.15) is 12.4 Å². The van der Waals surface area contributed by atoms with Gasteiger partial charge >= 0.3 is 0 Å². The molecule has 8 heteroatoms. The van der Waals surface area contributed by atoms with E-state index in [1.807, 2.05) is 6.92 Å². The maximum Gasteiger partial charge on any atom is 0.261 e. The molecule has 1 amide bonds. The Morgan fingerprint density at radius 3 is 2.48 bits per heavy atom. The van der Waals surface area contributed by atoms with Gasteiger partial charge in [0.05, 0.1) is 21.2 Å². The Bertz CT molecular complexity index is 1210. The number of rotatable bonds is 8. The number of carbonyl (C=O) groups excluding carboxylic acids is 1. The van der Waals surface area contributed by atoms with E-state index in [2.05, 4.69) is 16.6 Å². The molecule has 0 radical (unpaired) electrons. The normalized spacial score (nSPS) is 10.9. The average molecular weight is 457 g/mol. The number of anilines is 2. The molecule has 0 spiro atoms. The van der Waals surface area contributed by atoms with Crippen LogP contribution in [0.2, 0.25) is 5.02 Å². The van der Waals surface area contributed by atoms with Crippen LogP contribution in [0.4, 0.5) is 11.4 Å². The lowest BCUT2D eigenvalue weighted by atomic mass is 10.2. The second kappa shape index (κ2) is 9.68. The first kappa shape index (κ1) is 22.4. The summed E-state index contributed by atoms with van der Waals surface area (Å²) in [5.41, 5.74) is 1.95. The standard InChI is InChI=1S/C23H21ClN2O4S/c1-3-13-30-19-6-4-5-17(14-19)25-23(27)21-12-9-18(15-22(21)24)26-31(28,29)20-10-7-16(2)8-11-20/h3-12,14-15,26H,1,13H2,2H3,(H,25,27). The Balaban J connectivity index is 1.73. The fraction of sp³-hybridized carbons (Fsp3) is 0.0870. The summed E-state index contributed by atoms with van der Waals surface area (Å²) in [5, 5.41) is 2.86. The molecule has 31 heavy (non-hydrogen) atoms. The van der Waals surface area contributed by atoms with Crippen molar-refractivity contribution < 1.29 is 17.9 Å². The molecule has 3 aromatic carbocycles. The van der Waals surface area contributed by atoms with E-state index >= 15 is 0 Å². The molecule has 160 valence electrons. The molecule has 3 aromatic rings. The summed E-state index contributed by atoms with van der Waals surface area (Å²) in [6, 6.07) is 17.7. The Morgan fingerprint density at radius 2 is 1.81 bits per heavy atom. The van der Waals surface area contributed by atoms with Crippen LogP contribution in [0.5, 0.6) is 5.75 Å².